The number of carbonyl (C=O) groups excluding carboxylic acids is 1. The predicted octanol–water partition coefficient (Wildman–Crippen LogP) is 3.42. The van der Waals surface area contributed by atoms with Crippen LogP contribution >= 0.6 is 0 Å². The maximum atomic E-state index is 12.3. The van der Waals surface area contributed by atoms with Gasteiger partial charge in [0.15, 0.2) is 0 Å². The Morgan fingerprint density at radius 1 is 1.11 bits per heavy atom. The van der Waals surface area contributed by atoms with Crippen LogP contribution in [0, 0.1) is 0 Å². The molecule has 2 rings (SSSR count). The molecule has 98 valence electrons. The summed E-state index contributed by atoms with van der Waals surface area (Å²) in [7, 11) is 0. The van der Waals surface area contributed by atoms with Gasteiger partial charge in [0.2, 0.25) is 0 Å². The number of carbonyl (C=O) groups is 1. The zero-order chi connectivity index (χ0) is 13.2. The lowest BCUT2D eigenvalue weighted by molar-refractivity contribution is -0.0885. The van der Waals surface area contributed by atoms with Crippen molar-refractivity contribution in [2.24, 2.45) is 0 Å². The molecule has 0 radical (unpaired) electrons. The number of nitrogens with zero attached hydrogens (tertiary/aromatic N) is 1. The van der Waals surface area contributed by atoms with Crippen LogP contribution in [0.2, 0.25) is 0 Å². The molecule has 1 heterocycles. The van der Waals surface area contributed by atoms with Crippen LogP contribution in [-0.2, 0) is 0 Å². The molecular formula is C13H14F3NO. The number of alkyl halides is 3. The average molecular weight is 257 g/mol. The van der Waals surface area contributed by atoms with E-state index in [1.54, 1.807) is 6.07 Å². The van der Waals surface area contributed by atoms with E-state index in [-0.39, 0.29) is 5.56 Å². The third-order valence-electron chi connectivity index (χ3n) is 3.09. The molecule has 0 unspecified atom stereocenters. The molecule has 0 aliphatic carbocycles. The fraction of sp³-hybridized carbons (Fsp3) is 0.462. The van der Waals surface area contributed by atoms with Gasteiger partial charge in [0.1, 0.15) is 0 Å². The Morgan fingerprint density at radius 2 is 1.78 bits per heavy atom. The van der Waals surface area contributed by atoms with Crippen molar-refractivity contribution in [2.75, 3.05) is 18.0 Å². The van der Waals surface area contributed by atoms with Crippen LogP contribution in [0.25, 0.3) is 0 Å². The van der Waals surface area contributed by atoms with E-state index in [9.17, 15) is 18.0 Å². The number of ketones is 1. The fourth-order valence-electron chi connectivity index (χ4n) is 2.16. The molecule has 0 amide bonds. The number of hydrogen-bond acceptors (Lipinski definition) is 2. The largest absolute Gasteiger partial charge is 0.454 e. The third-order valence-corrected chi connectivity index (χ3v) is 3.09. The summed E-state index contributed by atoms with van der Waals surface area (Å²) in [5.74, 6) is -1.78. The van der Waals surface area contributed by atoms with E-state index in [1.807, 2.05) is 4.90 Å². The molecule has 5 heteroatoms. The lowest BCUT2D eigenvalue weighted by atomic mass is 10.1. The topological polar surface area (TPSA) is 20.3 Å². The first-order valence-corrected chi connectivity index (χ1v) is 5.95. The highest BCUT2D eigenvalue weighted by molar-refractivity contribution is 6.00. The molecule has 0 spiro atoms. The highest BCUT2D eigenvalue weighted by atomic mass is 19.4. The molecule has 18 heavy (non-hydrogen) atoms. The first kappa shape index (κ1) is 12.9. The van der Waals surface area contributed by atoms with Gasteiger partial charge in [-0.3, -0.25) is 4.79 Å². The second-order valence-corrected chi connectivity index (χ2v) is 4.42. The highest BCUT2D eigenvalue weighted by Crippen LogP contribution is 2.25. The van der Waals surface area contributed by atoms with Crippen LogP contribution in [-0.4, -0.2) is 25.0 Å². The van der Waals surface area contributed by atoms with Crippen molar-refractivity contribution in [3.05, 3.63) is 29.8 Å². The molecule has 1 aliphatic rings. The molecule has 0 bridgehead atoms. The number of hydrogen-bond donors (Lipinski definition) is 0. The molecule has 1 saturated heterocycles. The van der Waals surface area contributed by atoms with Gasteiger partial charge in [0.25, 0.3) is 5.78 Å². The van der Waals surface area contributed by atoms with E-state index in [0.717, 1.165) is 32.4 Å². The van der Waals surface area contributed by atoms with E-state index < -0.39 is 12.0 Å². The van der Waals surface area contributed by atoms with Crippen molar-refractivity contribution < 1.29 is 18.0 Å². The summed E-state index contributed by atoms with van der Waals surface area (Å²) in [5.41, 5.74) is 0.412. The van der Waals surface area contributed by atoms with E-state index >= 15 is 0 Å². The molecule has 1 aliphatic heterocycles. The molecule has 0 N–H and O–H groups in total. The molecule has 1 aromatic carbocycles. The van der Waals surface area contributed by atoms with Crippen LogP contribution in [0.1, 0.15) is 29.6 Å². The number of Topliss-reactive ketones (excluding diaryl/α,β-unsaturated/α-hetero) is 1. The van der Waals surface area contributed by atoms with Gasteiger partial charge < -0.3 is 4.90 Å². The summed E-state index contributed by atoms with van der Waals surface area (Å²) in [5, 5.41) is 0. The minimum atomic E-state index is -4.81. The minimum absolute atomic E-state index is 0.287. The summed E-state index contributed by atoms with van der Waals surface area (Å²) in [6.45, 7) is 1.67. The van der Waals surface area contributed by atoms with E-state index in [0.29, 0.717) is 5.69 Å². The maximum absolute atomic E-state index is 12.3. The molecular weight excluding hydrogens is 243 g/mol. The maximum Gasteiger partial charge on any atom is 0.454 e. The van der Waals surface area contributed by atoms with Crippen molar-refractivity contribution in [1.29, 1.82) is 0 Å². The van der Waals surface area contributed by atoms with Crippen molar-refractivity contribution in [2.45, 2.75) is 25.4 Å². The van der Waals surface area contributed by atoms with Crippen LogP contribution in [0.5, 0.6) is 0 Å². The molecule has 0 aromatic heterocycles. The lowest BCUT2D eigenvalue weighted by Gasteiger charge is -2.29. The lowest BCUT2D eigenvalue weighted by Crippen LogP contribution is -2.30. The summed E-state index contributed by atoms with van der Waals surface area (Å²) in [4.78, 5) is 13.2. The number of halogens is 3. The summed E-state index contributed by atoms with van der Waals surface area (Å²) >= 11 is 0. The van der Waals surface area contributed by atoms with Gasteiger partial charge in [-0.1, -0.05) is 12.1 Å². The highest BCUT2D eigenvalue weighted by Gasteiger charge is 2.39. The Labute approximate surface area is 103 Å². The molecule has 1 aromatic rings. The predicted molar refractivity (Wildman–Crippen MR) is 62.9 cm³/mol. The summed E-state index contributed by atoms with van der Waals surface area (Å²) in [6, 6.07) is 5.80. The van der Waals surface area contributed by atoms with Crippen molar-refractivity contribution in [3.63, 3.8) is 0 Å². The quantitative estimate of drug-likeness (QED) is 0.756. The van der Waals surface area contributed by atoms with Gasteiger partial charge in [-0.2, -0.15) is 13.2 Å². The fourth-order valence-corrected chi connectivity index (χ4v) is 2.16. The van der Waals surface area contributed by atoms with Gasteiger partial charge in [-0.05, 0) is 31.4 Å². The van der Waals surface area contributed by atoms with Crippen molar-refractivity contribution in [3.8, 4) is 0 Å². The van der Waals surface area contributed by atoms with Crippen LogP contribution < -0.4 is 4.90 Å². The van der Waals surface area contributed by atoms with Gasteiger partial charge in [-0.15, -0.1) is 0 Å². The Hall–Kier alpha value is -1.52. The standard InChI is InChI=1S/C13H14F3NO/c14-13(15,16)12(18)10-5-4-6-11(9-10)17-7-2-1-3-8-17/h4-6,9H,1-3,7-8H2. The molecule has 0 atom stereocenters. The normalized spacial score (nSPS) is 16.7. The Bertz CT molecular complexity index is 436. The van der Waals surface area contributed by atoms with Crippen molar-refractivity contribution >= 4 is 11.5 Å². The Balaban J connectivity index is 2.22. The zero-order valence-electron chi connectivity index (χ0n) is 9.83. The second-order valence-electron chi connectivity index (χ2n) is 4.42. The molecule has 2 nitrogen and oxygen atoms in total. The minimum Gasteiger partial charge on any atom is -0.372 e. The first-order valence-electron chi connectivity index (χ1n) is 5.95. The van der Waals surface area contributed by atoms with E-state index in [4.69, 9.17) is 0 Å². The number of benzene rings is 1. The van der Waals surface area contributed by atoms with Gasteiger partial charge in [0.05, 0.1) is 0 Å². The Kier molecular flexibility index (Phi) is 3.59. The zero-order valence-corrected chi connectivity index (χ0v) is 9.83. The number of rotatable bonds is 2. The smallest absolute Gasteiger partial charge is 0.372 e. The molecule has 1 fully saturated rings. The van der Waals surface area contributed by atoms with Gasteiger partial charge in [-0.25, -0.2) is 0 Å². The van der Waals surface area contributed by atoms with Gasteiger partial charge in [0, 0.05) is 24.3 Å². The van der Waals surface area contributed by atoms with Crippen molar-refractivity contribution in [1.82, 2.24) is 0 Å². The van der Waals surface area contributed by atoms with E-state index in [1.165, 1.54) is 18.2 Å². The summed E-state index contributed by atoms with van der Waals surface area (Å²) in [6.07, 6.45) is -1.58. The third kappa shape index (κ3) is 2.83. The van der Waals surface area contributed by atoms with Crippen LogP contribution in [0.4, 0.5) is 18.9 Å². The number of piperidine rings is 1. The van der Waals surface area contributed by atoms with Crippen LogP contribution in [0.3, 0.4) is 0 Å². The van der Waals surface area contributed by atoms with Gasteiger partial charge >= 0.3 is 6.18 Å². The number of anilines is 1. The van der Waals surface area contributed by atoms with E-state index in [2.05, 4.69) is 0 Å². The average Bonchev–Trinajstić information content (AvgIpc) is 2.38. The Morgan fingerprint density at radius 3 is 2.39 bits per heavy atom. The SMILES string of the molecule is O=C(c1cccc(N2CCCCC2)c1)C(F)(F)F. The summed E-state index contributed by atoms with van der Waals surface area (Å²) < 4.78 is 37.0. The monoisotopic (exact) mass is 257 g/mol. The van der Waals surface area contributed by atoms with Crippen LogP contribution in [0.15, 0.2) is 24.3 Å². The molecule has 0 saturated carbocycles. The second kappa shape index (κ2) is 5.00. The first-order chi connectivity index (χ1) is 8.48.